The summed E-state index contributed by atoms with van der Waals surface area (Å²) in [6.45, 7) is 2.24. The van der Waals surface area contributed by atoms with Gasteiger partial charge in [-0.1, -0.05) is 61.4 Å². The molecule has 0 nitrogen and oxygen atoms in total. The van der Waals surface area contributed by atoms with Gasteiger partial charge in [0, 0.05) is 0 Å². The van der Waals surface area contributed by atoms with Gasteiger partial charge in [0.25, 0.3) is 0 Å². The number of hydrogen-bond acceptors (Lipinski definition) is 0. The van der Waals surface area contributed by atoms with Crippen LogP contribution in [0.3, 0.4) is 0 Å². The van der Waals surface area contributed by atoms with Crippen molar-refractivity contribution in [2.24, 2.45) is 0 Å². The normalized spacial score (nSPS) is 9.50. The zero-order valence-corrected chi connectivity index (χ0v) is 16.6. The van der Waals surface area contributed by atoms with Crippen molar-refractivity contribution in [3.8, 4) is 11.1 Å². The van der Waals surface area contributed by atoms with E-state index < -0.39 is 0 Å². The van der Waals surface area contributed by atoms with Gasteiger partial charge in [-0.2, -0.15) is 0 Å². The molecule has 3 aromatic rings. The zero-order chi connectivity index (χ0) is 13.1. The molecule has 0 N–H and O–H groups in total. The van der Waals surface area contributed by atoms with E-state index in [1.54, 1.807) is 0 Å². The number of rotatable bonds is 4. The number of fused-ring (bicyclic) bond motifs is 1. The first-order valence-electron chi connectivity index (χ1n) is 7.11. The van der Waals surface area contributed by atoms with Crippen LogP contribution in [0.25, 0.3) is 21.9 Å². The third kappa shape index (κ3) is 5.02. The molecule has 0 bridgehead atoms. The molecule has 0 aliphatic rings. The second-order valence-corrected chi connectivity index (χ2v) is 5.17. The second-order valence-electron chi connectivity index (χ2n) is 5.17. The maximum Gasteiger partial charge on any atom is 3.00 e. The van der Waals surface area contributed by atoms with E-state index in [0.717, 1.165) is 0 Å². The van der Waals surface area contributed by atoms with Gasteiger partial charge in [-0.3, -0.25) is 0 Å². The predicted molar refractivity (Wildman–Crippen MR) is 83.6 cm³/mol. The Morgan fingerprint density at radius 2 is 1.59 bits per heavy atom. The Kier molecular flexibility index (Phi) is 10.1. The Bertz CT molecular complexity index is 638. The molecule has 0 aliphatic carbocycles. The first-order valence-corrected chi connectivity index (χ1v) is 7.11. The predicted octanol–water partition coefficient (Wildman–Crippen LogP) is -0.426. The van der Waals surface area contributed by atoms with E-state index in [1.807, 2.05) is 0 Å². The fourth-order valence-electron chi connectivity index (χ4n) is 2.56. The molecule has 113 valence electrons. The molecule has 3 rings (SSSR count). The quantitative estimate of drug-likeness (QED) is 0.514. The van der Waals surface area contributed by atoms with Crippen LogP contribution in [0.4, 0.5) is 0 Å². The average Bonchev–Trinajstić information content (AvgIpc) is 2.89. The van der Waals surface area contributed by atoms with Crippen LogP contribution >= 0.6 is 0 Å². The van der Waals surface area contributed by atoms with Crippen LogP contribution in [-0.2, 0) is 32.6 Å². The van der Waals surface area contributed by atoms with Gasteiger partial charge in [0.1, 0.15) is 0 Å². The van der Waals surface area contributed by atoms with Gasteiger partial charge in [-0.05, 0) is 18.4 Å². The molecule has 0 heterocycles. The molecule has 0 aromatic heterocycles. The first kappa shape index (κ1) is 21.5. The van der Waals surface area contributed by atoms with Crippen LogP contribution in [0.2, 0.25) is 0 Å². The molecular formula is C19H19Cl2Zr. The van der Waals surface area contributed by atoms with E-state index in [-0.39, 0.29) is 51.0 Å². The molecule has 0 saturated heterocycles. The number of aryl methyl sites for hydroxylation is 1. The van der Waals surface area contributed by atoms with Gasteiger partial charge in [-0.15, -0.1) is 34.5 Å². The Morgan fingerprint density at radius 3 is 2.23 bits per heavy atom. The summed E-state index contributed by atoms with van der Waals surface area (Å²) in [7, 11) is 0. The van der Waals surface area contributed by atoms with Crippen molar-refractivity contribution < 1.29 is 51.0 Å². The Balaban J connectivity index is 0.00000147. The summed E-state index contributed by atoms with van der Waals surface area (Å²) >= 11 is 0. The number of unbranched alkanes of at least 4 members (excludes halogenated alkanes) is 1. The Morgan fingerprint density at radius 1 is 0.909 bits per heavy atom. The second kappa shape index (κ2) is 10.3. The van der Waals surface area contributed by atoms with Crippen LogP contribution in [0.5, 0.6) is 0 Å². The third-order valence-electron chi connectivity index (χ3n) is 3.72. The fraction of sp³-hybridized carbons (Fsp3) is 0.211. The van der Waals surface area contributed by atoms with Gasteiger partial charge < -0.3 is 24.8 Å². The summed E-state index contributed by atoms with van der Waals surface area (Å²) in [6.07, 6.45) is 3.73. The average molecular weight is 409 g/mol. The Labute approximate surface area is 164 Å². The molecule has 0 fully saturated rings. The largest absolute Gasteiger partial charge is 3.00 e. The molecule has 0 unspecified atom stereocenters. The minimum atomic E-state index is 0. The van der Waals surface area contributed by atoms with Crippen molar-refractivity contribution in [2.75, 3.05) is 0 Å². The van der Waals surface area contributed by atoms with Crippen LogP contribution in [0.15, 0.2) is 60.7 Å². The van der Waals surface area contributed by atoms with Crippen molar-refractivity contribution in [3.05, 3.63) is 66.2 Å². The summed E-state index contributed by atoms with van der Waals surface area (Å²) in [6, 6.07) is 22.1. The summed E-state index contributed by atoms with van der Waals surface area (Å²) in [5.41, 5.74) is 4.08. The minimum absolute atomic E-state index is 0. The maximum absolute atomic E-state index is 2.27. The van der Waals surface area contributed by atoms with Gasteiger partial charge in [0.05, 0.1) is 0 Å². The summed E-state index contributed by atoms with van der Waals surface area (Å²) < 4.78 is 0. The van der Waals surface area contributed by atoms with Gasteiger partial charge in [-0.25, -0.2) is 0 Å². The van der Waals surface area contributed by atoms with E-state index in [2.05, 4.69) is 67.6 Å². The molecule has 0 spiro atoms. The molecule has 0 aliphatic heterocycles. The molecule has 0 amide bonds. The van der Waals surface area contributed by atoms with Gasteiger partial charge >= 0.3 is 26.2 Å². The molecule has 0 atom stereocenters. The van der Waals surface area contributed by atoms with Gasteiger partial charge in [0.15, 0.2) is 0 Å². The molecule has 0 saturated carbocycles. The summed E-state index contributed by atoms with van der Waals surface area (Å²) in [4.78, 5) is 0. The topological polar surface area (TPSA) is 0 Å². The zero-order valence-electron chi connectivity index (χ0n) is 12.7. The smallest absolute Gasteiger partial charge is 1.00 e. The van der Waals surface area contributed by atoms with Crippen LogP contribution in [0, 0.1) is 0 Å². The Hall–Kier alpha value is -0.487. The minimum Gasteiger partial charge on any atom is -1.00 e. The number of benzene rings is 2. The first-order chi connectivity index (χ1) is 9.36. The molecule has 22 heavy (non-hydrogen) atoms. The van der Waals surface area contributed by atoms with Crippen LogP contribution in [-0.4, -0.2) is 0 Å². The van der Waals surface area contributed by atoms with E-state index in [0.29, 0.717) is 0 Å². The van der Waals surface area contributed by atoms with E-state index in [4.69, 9.17) is 0 Å². The standard InChI is InChI=1S/C19H19.2ClH.Zr/c1-2-3-6-15-9-11-16(12-10-15)19-13-17-7-4-5-8-18(17)14-19;;;/h4-5,7-14H,2-3,6H2,1H3;2*1H;/q-1;;;+3/p-2. The fourth-order valence-corrected chi connectivity index (χ4v) is 2.56. The summed E-state index contributed by atoms with van der Waals surface area (Å²) in [5, 5.41) is 2.65. The van der Waals surface area contributed by atoms with Crippen molar-refractivity contribution in [1.29, 1.82) is 0 Å². The van der Waals surface area contributed by atoms with Crippen LogP contribution in [0.1, 0.15) is 25.3 Å². The van der Waals surface area contributed by atoms with Crippen molar-refractivity contribution >= 4 is 10.8 Å². The molecule has 3 aromatic carbocycles. The molecule has 1 radical (unpaired) electrons. The van der Waals surface area contributed by atoms with E-state index >= 15 is 0 Å². The maximum atomic E-state index is 2.27. The van der Waals surface area contributed by atoms with Crippen molar-refractivity contribution in [1.82, 2.24) is 0 Å². The van der Waals surface area contributed by atoms with Crippen molar-refractivity contribution in [2.45, 2.75) is 26.2 Å². The third-order valence-corrected chi connectivity index (χ3v) is 3.72. The molecule has 3 heteroatoms. The monoisotopic (exact) mass is 407 g/mol. The number of halogens is 2. The SMILES string of the molecule is CCCCc1ccc(-c2cc3ccccc3[cH-]2)cc1.[Cl-].[Cl-].[Zr+3]. The van der Waals surface area contributed by atoms with Crippen molar-refractivity contribution in [3.63, 3.8) is 0 Å². The van der Waals surface area contributed by atoms with Gasteiger partial charge in [0.2, 0.25) is 0 Å². The van der Waals surface area contributed by atoms with E-state index in [9.17, 15) is 0 Å². The number of hydrogen-bond donors (Lipinski definition) is 0. The van der Waals surface area contributed by atoms with E-state index in [1.165, 1.54) is 46.7 Å². The van der Waals surface area contributed by atoms with Crippen LogP contribution < -0.4 is 24.8 Å². The summed E-state index contributed by atoms with van der Waals surface area (Å²) in [5.74, 6) is 0. The molecular weight excluding hydrogens is 390 g/mol.